The van der Waals surface area contributed by atoms with Crippen molar-refractivity contribution in [1.82, 2.24) is 14.5 Å². The zero-order valence-corrected chi connectivity index (χ0v) is 19.2. The molecule has 1 fully saturated rings. The van der Waals surface area contributed by atoms with Crippen molar-refractivity contribution < 1.29 is 13.2 Å². The predicted molar refractivity (Wildman–Crippen MR) is 122 cm³/mol. The molecule has 1 saturated heterocycles. The molecule has 0 saturated carbocycles. The number of fused-ring (bicyclic) bond motifs is 1. The van der Waals surface area contributed by atoms with Crippen LogP contribution in [0.3, 0.4) is 0 Å². The summed E-state index contributed by atoms with van der Waals surface area (Å²) in [5.41, 5.74) is 2.04. The van der Waals surface area contributed by atoms with Crippen LogP contribution in [0.5, 0.6) is 0 Å². The van der Waals surface area contributed by atoms with Gasteiger partial charge in [0.1, 0.15) is 5.82 Å². The molecule has 3 heterocycles. The normalized spacial score (nSPS) is 16.0. The molecule has 0 bridgehead atoms. The molecule has 1 aliphatic rings. The van der Waals surface area contributed by atoms with Crippen molar-refractivity contribution in [2.24, 2.45) is 5.92 Å². The fourth-order valence-corrected chi connectivity index (χ4v) is 5.37. The SMILES string of the molecule is C=Cc1cc(S(=O)(=O)c2ccc3c(c2)nc(C(C)(C)C)n3CC2CCOCC2)ccn1. The van der Waals surface area contributed by atoms with Gasteiger partial charge in [0.2, 0.25) is 9.84 Å². The lowest BCUT2D eigenvalue weighted by Gasteiger charge is -2.26. The van der Waals surface area contributed by atoms with Gasteiger partial charge in [-0.3, -0.25) is 4.98 Å². The second-order valence-electron chi connectivity index (χ2n) is 9.13. The van der Waals surface area contributed by atoms with E-state index in [-0.39, 0.29) is 15.2 Å². The van der Waals surface area contributed by atoms with Crippen molar-refractivity contribution >= 4 is 26.9 Å². The highest BCUT2D eigenvalue weighted by atomic mass is 32.2. The van der Waals surface area contributed by atoms with E-state index < -0.39 is 9.84 Å². The molecule has 0 aliphatic carbocycles. The van der Waals surface area contributed by atoms with Crippen LogP contribution < -0.4 is 0 Å². The summed E-state index contributed by atoms with van der Waals surface area (Å²) in [6, 6.07) is 8.31. The summed E-state index contributed by atoms with van der Waals surface area (Å²) in [7, 11) is -3.68. The Morgan fingerprint density at radius 1 is 1.16 bits per heavy atom. The Morgan fingerprint density at radius 2 is 1.87 bits per heavy atom. The number of sulfone groups is 1. The van der Waals surface area contributed by atoms with Crippen molar-refractivity contribution in [1.29, 1.82) is 0 Å². The Balaban J connectivity index is 1.79. The first-order valence-corrected chi connectivity index (χ1v) is 12.1. The average molecular weight is 440 g/mol. The molecular weight excluding hydrogens is 410 g/mol. The number of nitrogens with zero attached hydrogens (tertiary/aromatic N) is 3. The molecule has 7 heteroatoms. The highest BCUT2D eigenvalue weighted by molar-refractivity contribution is 7.91. The minimum atomic E-state index is -3.68. The first-order valence-electron chi connectivity index (χ1n) is 10.6. The lowest BCUT2D eigenvalue weighted by atomic mass is 9.94. The predicted octanol–water partition coefficient (Wildman–Crippen LogP) is 4.63. The third kappa shape index (κ3) is 4.29. The lowest BCUT2D eigenvalue weighted by Crippen LogP contribution is -2.25. The number of hydrogen-bond acceptors (Lipinski definition) is 5. The Morgan fingerprint density at radius 3 is 2.55 bits per heavy atom. The number of aromatic nitrogens is 3. The van der Waals surface area contributed by atoms with E-state index in [4.69, 9.17) is 9.72 Å². The van der Waals surface area contributed by atoms with E-state index in [0.717, 1.165) is 43.9 Å². The third-order valence-corrected chi connectivity index (χ3v) is 7.50. The lowest BCUT2D eigenvalue weighted by molar-refractivity contribution is 0.0611. The van der Waals surface area contributed by atoms with Crippen molar-refractivity contribution in [3.05, 3.63) is 54.6 Å². The molecule has 0 amide bonds. The maximum Gasteiger partial charge on any atom is 0.206 e. The van der Waals surface area contributed by atoms with E-state index in [2.05, 4.69) is 36.9 Å². The van der Waals surface area contributed by atoms with Crippen molar-refractivity contribution in [2.45, 2.75) is 55.4 Å². The van der Waals surface area contributed by atoms with Gasteiger partial charge in [-0.05, 0) is 55.2 Å². The molecule has 6 nitrogen and oxygen atoms in total. The minimum Gasteiger partial charge on any atom is -0.381 e. The maximum absolute atomic E-state index is 13.2. The summed E-state index contributed by atoms with van der Waals surface area (Å²) in [4.78, 5) is 9.43. The fraction of sp³-hybridized carbons (Fsp3) is 0.417. The monoisotopic (exact) mass is 439 g/mol. The molecule has 164 valence electrons. The van der Waals surface area contributed by atoms with Crippen LogP contribution in [0.15, 0.2) is 52.9 Å². The van der Waals surface area contributed by atoms with Gasteiger partial charge in [0.15, 0.2) is 0 Å². The quantitative estimate of drug-likeness (QED) is 0.579. The number of benzene rings is 1. The topological polar surface area (TPSA) is 74.1 Å². The van der Waals surface area contributed by atoms with Gasteiger partial charge < -0.3 is 9.30 Å². The molecule has 1 aliphatic heterocycles. The molecule has 3 aromatic rings. The van der Waals surface area contributed by atoms with Gasteiger partial charge in [-0.1, -0.05) is 27.4 Å². The van der Waals surface area contributed by atoms with Gasteiger partial charge in [-0.15, -0.1) is 0 Å². The van der Waals surface area contributed by atoms with Gasteiger partial charge in [-0.25, -0.2) is 13.4 Å². The minimum absolute atomic E-state index is 0.160. The summed E-state index contributed by atoms with van der Waals surface area (Å²) < 4.78 is 34.3. The molecule has 1 aromatic carbocycles. The molecular formula is C24H29N3O3S. The first-order chi connectivity index (χ1) is 14.7. The second-order valence-corrected chi connectivity index (χ2v) is 11.1. The average Bonchev–Trinajstić information content (AvgIpc) is 3.12. The number of ether oxygens (including phenoxy) is 1. The van der Waals surface area contributed by atoms with Crippen molar-refractivity contribution in [3.8, 4) is 0 Å². The van der Waals surface area contributed by atoms with E-state index in [1.54, 1.807) is 12.1 Å². The number of rotatable bonds is 5. The molecule has 2 aromatic heterocycles. The van der Waals surface area contributed by atoms with Crippen LogP contribution in [0, 0.1) is 5.92 Å². The fourth-order valence-electron chi connectivity index (χ4n) is 4.06. The Hall–Kier alpha value is -2.51. The van der Waals surface area contributed by atoms with E-state index in [1.165, 1.54) is 24.4 Å². The zero-order valence-electron chi connectivity index (χ0n) is 18.3. The van der Waals surface area contributed by atoms with Gasteiger partial charge in [0.05, 0.1) is 26.5 Å². The first kappa shape index (κ1) is 21.7. The highest BCUT2D eigenvalue weighted by Gasteiger charge is 2.27. The van der Waals surface area contributed by atoms with Crippen LogP contribution in [-0.2, 0) is 26.5 Å². The van der Waals surface area contributed by atoms with Crippen LogP contribution in [0.1, 0.15) is 45.1 Å². The number of imidazole rings is 1. The molecule has 0 N–H and O–H groups in total. The summed E-state index contributed by atoms with van der Waals surface area (Å²) >= 11 is 0. The smallest absolute Gasteiger partial charge is 0.206 e. The van der Waals surface area contributed by atoms with E-state index in [0.29, 0.717) is 17.1 Å². The molecule has 31 heavy (non-hydrogen) atoms. The Labute approximate surface area is 183 Å². The van der Waals surface area contributed by atoms with Crippen LogP contribution in [0.25, 0.3) is 17.1 Å². The van der Waals surface area contributed by atoms with Crippen LogP contribution in [0.4, 0.5) is 0 Å². The van der Waals surface area contributed by atoms with Crippen LogP contribution >= 0.6 is 0 Å². The number of hydrogen-bond donors (Lipinski definition) is 0. The van der Waals surface area contributed by atoms with Crippen LogP contribution in [-0.4, -0.2) is 36.2 Å². The van der Waals surface area contributed by atoms with E-state index in [1.807, 2.05) is 6.07 Å². The van der Waals surface area contributed by atoms with Gasteiger partial charge in [0.25, 0.3) is 0 Å². The summed E-state index contributed by atoms with van der Waals surface area (Å²) in [5.74, 6) is 1.51. The van der Waals surface area contributed by atoms with Gasteiger partial charge in [0, 0.05) is 31.4 Å². The van der Waals surface area contributed by atoms with E-state index in [9.17, 15) is 8.42 Å². The van der Waals surface area contributed by atoms with Gasteiger partial charge in [-0.2, -0.15) is 0 Å². The second kappa shape index (κ2) is 8.20. The Kier molecular flexibility index (Phi) is 5.75. The van der Waals surface area contributed by atoms with Crippen molar-refractivity contribution in [2.75, 3.05) is 13.2 Å². The summed E-state index contributed by atoms with van der Waals surface area (Å²) in [6.45, 7) is 12.5. The summed E-state index contributed by atoms with van der Waals surface area (Å²) in [5, 5.41) is 0. The third-order valence-electron chi connectivity index (χ3n) is 5.75. The molecule has 0 atom stereocenters. The molecule has 0 unspecified atom stereocenters. The molecule has 0 spiro atoms. The van der Waals surface area contributed by atoms with Gasteiger partial charge >= 0.3 is 0 Å². The van der Waals surface area contributed by atoms with E-state index >= 15 is 0 Å². The largest absolute Gasteiger partial charge is 0.381 e. The molecule has 0 radical (unpaired) electrons. The van der Waals surface area contributed by atoms with Crippen molar-refractivity contribution in [3.63, 3.8) is 0 Å². The molecule has 4 rings (SSSR count). The zero-order chi connectivity index (χ0) is 22.2. The van der Waals surface area contributed by atoms with Crippen LogP contribution in [0.2, 0.25) is 0 Å². The Bertz CT molecular complexity index is 1220. The number of pyridine rings is 1. The maximum atomic E-state index is 13.2. The summed E-state index contributed by atoms with van der Waals surface area (Å²) in [6.07, 6.45) is 5.09. The highest BCUT2D eigenvalue weighted by Crippen LogP contribution is 2.31. The standard InChI is InChI=1S/C24H29N3O3S/c1-5-18-14-20(8-11-25-18)31(28,29)19-6-7-22-21(15-19)26-23(24(2,3)4)27(22)16-17-9-12-30-13-10-17/h5-8,11,14-15,17H,1,9-10,12-13,16H2,2-4H3.